The monoisotopic (exact) mass is 1520 g/mol. The van der Waals surface area contributed by atoms with Crippen LogP contribution in [0.25, 0.3) is 0 Å². The first kappa shape index (κ1) is 84.7. The number of hydrogen-bond acceptors (Lipinski definition) is 46. The predicted octanol–water partition coefficient (Wildman–Crippen LogP) is -20.5. The highest BCUT2D eigenvalue weighted by Gasteiger charge is 2.61. The summed E-state index contributed by atoms with van der Waals surface area (Å²) in [6, 6.07) is -1.76. The van der Waals surface area contributed by atoms with Gasteiger partial charge in [0.05, 0.1) is 59.5 Å². The molecule has 600 valence electrons. The number of ether oxygens (including phenoxy) is 17. The van der Waals surface area contributed by atoms with Crippen molar-refractivity contribution in [2.24, 2.45) is 0 Å². The molecular formula is C56H95NO46. The van der Waals surface area contributed by atoms with Gasteiger partial charge in [-0.15, -0.1) is 0 Å². The minimum absolute atomic E-state index is 0.847. The van der Waals surface area contributed by atoms with E-state index in [4.69, 9.17) is 80.5 Å². The van der Waals surface area contributed by atoms with Crippen molar-refractivity contribution in [2.75, 3.05) is 59.5 Å². The lowest BCUT2D eigenvalue weighted by molar-refractivity contribution is -0.410. The van der Waals surface area contributed by atoms with Crippen LogP contribution < -0.4 is 5.32 Å². The van der Waals surface area contributed by atoms with Crippen molar-refractivity contribution in [2.45, 2.75) is 283 Å². The van der Waals surface area contributed by atoms with Crippen LogP contribution in [0.2, 0.25) is 0 Å². The second kappa shape index (κ2) is 36.7. The molecule has 0 bridgehead atoms. The fraction of sp³-hybridized carbons (Fsp3) is 0.982. The van der Waals surface area contributed by atoms with Gasteiger partial charge < -0.3 is 229 Å². The van der Waals surface area contributed by atoms with Crippen LogP contribution in [0.15, 0.2) is 0 Å². The predicted molar refractivity (Wildman–Crippen MR) is 309 cm³/mol. The fourth-order valence-electron chi connectivity index (χ4n) is 13.2. The van der Waals surface area contributed by atoms with E-state index in [1.165, 1.54) is 0 Å². The first-order chi connectivity index (χ1) is 48.8. The SMILES string of the molecule is CC(=O)N[C@H]1C(O)O[C@H](CO)[C@@H](O[C@@H]2O[C@H](CO[C@H]3O[C@H](CO)[C@@H](O)[C@H](O[C@H]4O[C@H](CO)[C@@H](O)[C@H](O)[C@@H]4O[C@H]4O[C@H](CO)[C@@H](O)[C@H](O)[C@@H]4O)[C@@H]3O)[C@@H](O)[C@H](O[C@H]3O[C@H](CO)[C@@H](O)[C@H](O)[C@@H]3O[C@H]3O[C@H](CO)[C@@H](O)[C@H](O)[C@@H]3O[C@H]3O[C@H](CO)[C@@H](O)[C@H](O[C@H]4O[C@H](CO)[C@@H](O)[C@H](O)[C@H]4O)[C@@H]3O)[C@@H]2O)[C@@H]1O. The number of carbonyl (C=O) groups is 1. The summed E-state index contributed by atoms with van der Waals surface area (Å²) in [6.45, 7) is -8.82. The Hall–Kier alpha value is -2.33. The summed E-state index contributed by atoms with van der Waals surface area (Å²) >= 11 is 0. The molecule has 9 rings (SSSR count). The molecule has 47 nitrogen and oxygen atoms in total. The maximum absolute atomic E-state index is 12.4. The van der Waals surface area contributed by atoms with Crippen LogP contribution in [0.3, 0.4) is 0 Å². The second-order valence-corrected chi connectivity index (χ2v) is 26.0. The van der Waals surface area contributed by atoms with Gasteiger partial charge in [0.25, 0.3) is 0 Å². The van der Waals surface area contributed by atoms with E-state index in [1.807, 2.05) is 0 Å². The molecule has 0 saturated carbocycles. The van der Waals surface area contributed by atoms with Gasteiger partial charge in [-0.25, -0.2) is 0 Å². The third-order valence-electron chi connectivity index (χ3n) is 19.2. The third-order valence-corrected chi connectivity index (χ3v) is 19.2. The molecule has 1 amide bonds. The summed E-state index contributed by atoms with van der Waals surface area (Å²) in [5.41, 5.74) is 0. The van der Waals surface area contributed by atoms with Crippen LogP contribution in [-0.2, 0) is 85.3 Å². The molecule has 0 aromatic heterocycles. The molecule has 9 heterocycles. The Labute approximate surface area is 581 Å². The molecule has 0 aromatic carbocycles. The number of rotatable bonds is 26. The normalized spacial score (nSPS) is 52.4. The Bertz CT molecular complexity index is 2590. The lowest BCUT2D eigenvalue weighted by Crippen LogP contribution is -2.69. The molecule has 9 aliphatic heterocycles. The van der Waals surface area contributed by atoms with E-state index < -0.39 is 342 Å². The van der Waals surface area contributed by atoms with Crippen molar-refractivity contribution >= 4 is 5.91 Å². The zero-order chi connectivity index (χ0) is 75.6. The highest BCUT2D eigenvalue weighted by molar-refractivity contribution is 5.73. The zero-order valence-electron chi connectivity index (χ0n) is 54.2. The lowest BCUT2D eigenvalue weighted by atomic mass is 9.94. The lowest BCUT2D eigenvalue weighted by Gasteiger charge is -2.50. The smallest absolute Gasteiger partial charge is 0.217 e. The maximum Gasteiger partial charge on any atom is 0.217 e. The Morgan fingerprint density at radius 1 is 0.252 bits per heavy atom. The summed E-state index contributed by atoms with van der Waals surface area (Å²) in [4.78, 5) is 12.3. The van der Waals surface area contributed by atoms with Crippen LogP contribution in [-0.4, -0.2) is 485 Å². The molecule has 0 aromatic rings. The van der Waals surface area contributed by atoms with E-state index in [0.29, 0.717) is 0 Å². The molecular weight excluding hydrogens is 1420 g/mol. The number of carbonyl (C=O) groups excluding carboxylic acids is 1. The van der Waals surface area contributed by atoms with Crippen molar-refractivity contribution in [1.29, 1.82) is 0 Å². The minimum atomic E-state index is -2.51. The fourth-order valence-corrected chi connectivity index (χ4v) is 13.2. The van der Waals surface area contributed by atoms with Crippen molar-refractivity contribution in [3.63, 3.8) is 0 Å². The van der Waals surface area contributed by atoms with Crippen molar-refractivity contribution < 1.29 is 228 Å². The Morgan fingerprint density at radius 2 is 0.505 bits per heavy atom. The van der Waals surface area contributed by atoms with E-state index >= 15 is 0 Å². The van der Waals surface area contributed by atoms with Gasteiger partial charge in [-0.2, -0.15) is 0 Å². The van der Waals surface area contributed by atoms with Gasteiger partial charge in [-0.3, -0.25) is 4.79 Å². The van der Waals surface area contributed by atoms with Gasteiger partial charge in [0.2, 0.25) is 5.91 Å². The molecule has 9 aliphatic rings. The van der Waals surface area contributed by atoms with E-state index in [2.05, 4.69) is 5.32 Å². The van der Waals surface area contributed by atoms with Crippen molar-refractivity contribution in [1.82, 2.24) is 5.32 Å². The molecule has 9 saturated heterocycles. The standard InChI is InChI=1S/C56H95NO46/c1-11(66)57-21-30(75)41(19(9-65)88-48(21)86)97-53-40(85)44(29(74)20(96-53)10-87-49-38(83)42(27(72)17(7-63)89-49)99-54-45(33(78)24(69)14(4-60)93-54)101-51-37(82)32(77)23(68)13(3-59)91-51)100-55-47(35(80)26(71)15(5-61)94-55)103-56-46(34(79)25(70)16(6-62)95-56)102-52-39(84)43(28(73)18(8-64)92-52)98-50-36(81)31(76)22(67)12(2-58)90-50/h12-56,58-65,67-86H,2-10H2,1H3,(H,57,66)/t12-,13-,14-,15-,16-,17-,18-,19-,20-,21-,22-,23-,24-,25-,26-,27-,28-,29-,30-,31+,32+,33+,34+,35+,36-,37+,38+,39+,40+,41-,42+,43+,44+,45+,46+,47+,48?,49+,50-,51-,52-,53+,54-,55-,56-/m1/s1. The van der Waals surface area contributed by atoms with Gasteiger partial charge in [-0.1, -0.05) is 0 Å². The molecule has 0 radical (unpaired) electrons. The van der Waals surface area contributed by atoms with Crippen LogP contribution in [0.4, 0.5) is 0 Å². The molecule has 29 N–H and O–H groups in total. The van der Waals surface area contributed by atoms with Gasteiger partial charge in [0.1, 0.15) is 220 Å². The van der Waals surface area contributed by atoms with Crippen LogP contribution >= 0.6 is 0 Å². The summed E-state index contributed by atoms with van der Waals surface area (Å²) < 4.78 is 98.0. The second-order valence-electron chi connectivity index (χ2n) is 26.0. The van der Waals surface area contributed by atoms with Crippen molar-refractivity contribution in [3.05, 3.63) is 0 Å². The Morgan fingerprint density at radius 3 is 0.854 bits per heavy atom. The van der Waals surface area contributed by atoms with E-state index in [0.717, 1.165) is 6.92 Å². The average Bonchev–Trinajstić information content (AvgIpc) is 0.782. The van der Waals surface area contributed by atoms with Gasteiger partial charge in [-0.05, 0) is 0 Å². The number of aliphatic hydroxyl groups is 28. The summed E-state index contributed by atoms with van der Waals surface area (Å²) in [6.07, 6.45) is -93.4. The van der Waals surface area contributed by atoms with Crippen molar-refractivity contribution in [3.8, 4) is 0 Å². The zero-order valence-corrected chi connectivity index (χ0v) is 54.2. The quantitative estimate of drug-likeness (QED) is 0.0382. The summed E-state index contributed by atoms with van der Waals surface area (Å²) in [7, 11) is 0. The summed E-state index contributed by atoms with van der Waals surface area (Å²) in [5.74, 6) is -0.847. The highest BCUT2D eigenvalue weighted by atomic mass is 16.8. The first-order valence-electron chi connectivity index (χ1n) is 32.7. The number of hydrogen-bond donors (Lipinski definition) is 29. The Balaban J connectivity index is 1.01. The molecule has 0 spiro atoms. The van der Waals surface area contributed by atoms with E-state index in [-0.39, 0.29) is 0 Å². The van der Waals surface area contributed by atoms with Gasteiger partial charge in [0, 0.05) is 6.92 Å². The van der Waals surface area contributed by atoms with E-state index in [1.54, 1.807) is 0 Å². The molecule has 47 heteroatoms. The third kappa shape index (κ3) is 17.9. The largest absolute Gasteiger partial charge is 0.394 e. The number of amides is 1. The maximum atomic E-state index is 12.4. The first-order valence-corrected chi connectivity index (χ1v) is 32.7. The molecule has 103 heavy (non-hydrogen) atoms. The minimum Gasteiger partial charge on any atom is -0.394 e. The molecule has 0 aliphatic carbocycles. The Kier molecular flexibility index (Phi) is 30.2. The molecule has 45 atom stereocenters. The van der Waals surface area contributed by atoms with Crippen LogP contribution in [0.5, 0.6) is 0 Å². The topological polar surface area (TPSA) is 752 Å². The number of nitrogens with one attached hydrogen (secondary N) is 1. The highest BCUT2D eigenvalue weighted by Crippen LogP contribution is 2.40. The van der Waals surface area contributed by atoms with Gasteiger partial charge >= 0.3 is 0 Å². The molecule has 9 fully saturated rings. The number of aliphatic hydroxyl groups excluding tert-OH is 28. The van der Waals surface area contributed by atoms with Gasteiger partial charge in [0.15, 0.2) is 56.6 Å². The average molecular weight is 1520 g/mol. The van der Waals surface area contributed by atoms with Crippen LogP contribution in [0, 0.1) is 0 Å². The van der Waals surface area contributed by atoms with Crippen LogP contribution in [0.1, 0.15) is 6.92 Å². The molecule has 1 unspecified atom stereocenters. The van der Waals surface area contributed by atoms with E-state index in [9.17, 15) is 148 Å². The summed E-state index contributed by atoms with van der Waals surface area (Å²) in [5, 5.41) is 309.